The molecule has 2 rings (SSSR count). The normalized spacial score (nSPS) is 8.50. The van der Waals surface area contributed by atoms with E-state index in [1.807, 2.05) is 19.2 Å². The molecule has 0 fully saturated rings. The van der Waals surface area contributed by atoms with Crippen LogP contribution in [0.1, 0.15) is 48.8 Å². The Morgan fingerprint density at radius 3 is 2.21 bits per heavy atom. The Kier molecular flexibility index (Phi) is 12.4. The van der Waals surface area contributed by atoms with Crippen molar-refractivity contribution in [3.05, 3.63) is 59.4 Å². The van der Waals surface area contributed by atoms with E-state index >= 15 is 0 Å². The molecule has 0 aliphatic heterocycles. The number of hydrogen-bond acceptors (Lipinski definition) is 4. The van der Waals surface area contributed by atoms with Crippen LogP contribution in [0.5, 0.6) is 0 Å². The Morgan fingerprint density at radius 1 is 1.12 bits per heavy atom. The van der Waals surface area contributed by atoms with Gasteiger partial charge in [0.1, 0.15) is 12.0 Å². The van der Waals surface area contributed by atoms with Gasteiger partial charge in [-0.3, -0.25) is 4.79 Å². The van der Waals surface area contributed by atoms with Gasteiger partial charge in [-0.05, 0) is 55.9 Å². The molecule has 1 aromatic heterocycles. The highest BCUT2D eigenvalue weighted by molar-refractivity contribution is 5.75. The molecule has 0 aliphatic rings. The lowest BCUT2D eigenvalue weighted by Crippen LogP contribution is -2.01. The van der Waals surface area contributed by atoms with Crippen molar-refractivity contribution >= 4 is 12.0 Å². The molecule has 0 saturated heterocycles. The Morgan fingerprint density at radius 2 is 1.71 bits per heavy atom. The molecule has 128 valence electrons. The first kappa shape index (κ1) is 21.4. The van der Waals surface area contributed by atoms with Crippen molar-refractivity contribution in [2.24, 2.45) is 0 Å². The molecule has 3 N–H and O–H groups in total. The second-order valence-corrected chi connectivity index (χ2v) is 4.88. The summed E-state index contributed by atoms with van der Waals surface area (Å²) in [5.41, 5.74) is 8.28. The predicted octanol–water partition coefficient (Wildman–Crippen LogP) is 3.52. The largest absolute Gasteiger partial charge is 0.399 e. The van der Waals surface area contributed by atoms with Crippen LogP contribution in [0.15, 0.2) is 42.6 Å². The van der Waals surface area contributed by atoms with Gasteiger partial charge < -0.3 is 11.1 Å². The zero-order valence-corrected chi connectivity index (χ0v) is 15.0. The quantitative estimate of drug-likeness (QED) is 0.503. The maximum atomic E-state index is 10.6. The van der Waals surface area contributed by atoms with Gasteiger partial charge in [0.05, 0.1) is 0 Å². The topological polar surface area (TPSA) is 68.0 Å². The minimum atomic E-state index is 0.571. The molecule has 24 heavy (non-hydrogen) atoms. The van der Waals surface area contributed by atoms with Crippen molar-refractivity contribution in [1.82, 2.24) is 10.3 Å². The van der Waals surface area contributed by atoms with Gasteiger partial charge >= 0.3 is 0 Å². The Labute approximate surface area is 145 Å². The second-order valence-electron chi connectivity index (χ2n) is 4.88. The zero-order chi connectivity index (χ0) is 18.2. The van der Waals surface area contributed by atoms with Crippen LogP contribution in [-0.4, -0.2) is 24.9 Å². The number of carbonyl (C=O) groups is 1. The van der Waals surface area contributed by atoms with E-state index in [1.54, 1.807) is 30.5 Å². The van der Waals surface area contributed by atoms with E-state index in [2.05, 4.69) is 42.9 Å². The molecule has 4 nitrogen and oxygen atoms in total. The number of nitrogens with one attached hydrogen (secondary N) is 1. The summed E-state index contributed by atoms with van der Waals surface area (Å²) in [5.74, 6) is 5.85. The average molecular weight is 325 g/mol. The molecule has 0 spiro atoms. The van der Waals surface area contributed by atoms with E-state index in [4.69, 9.17) is 5.73 Å². The number of carbonyl (C=O) groups excluding carboxylic acids is 1. The Balaban J connectivity index is 0.000000648. The van der Waals surface area contributed by atoms with Gasteiger partial charge in [-0.1, -0.05) is 33.1 Å². The number of nitrogens with two attached hydrogens (primary N) is 1. The maximum Gasteiger partial charge on any atom is 0.150 e. The smallest absolute Gasteiger partial charge is 0.150 e. The van der Waals surface area contributed by atoms with E-state index in [1.165, 1.54) is 6.42 Å². The van der Waals surface area contributed by atoms with Gasteiger partial charge in [0.25, 0.3) is 0 Å². The van der Waals surface area contributed by atoms with Crippen LogP contribution in [0.2, 0.25) is 0 Å². The third-order valence-electron chi connectivity index (χ3n) is 2.52. The molecule has 1 heterocycles. The molecule has 0 radical (unpaired) electrons. The summed E-state index contributed by atoms with van der Waals surface area (Å²) in [6.07, 6.45) is 3.59. The number of benzene rings is 1. The van der Waals surface area contributed by atoms with Crippen molar-refractivity contribution in [2.45, 2.75) is 27.2 Å². The molecule has 0 saturated carbocycles. The summed E-state index contributed by atoms with van der Waals surface area (Å²) in [7, 11) is 1.93. The van der Waals surface area contributed by atoms with Crippen LogP contribution >= 0.6 is 0 Å². The number of hydrogen-bond donors (Lipinski definition) is 2. The van der Waals surface area contributed by atoms with Crippen molar-refractivity contribution in [1.29, 1.82) is 0 Å². The number of aromatic nitrogens is 1. The SMILES string of the molecule is CCC.CCNC.Nc1ccc(C#Cc2cc(C=O)ccn2)cc1. The van der Waals surface area contributed by atoms with Crippen molar-refractivity contribution in [3.63, 3.8) is 0 Å². The molecule has 0 atom stereocenters. The van der Waals surface area contributed by atoms with Crippen molar-refractivity contribution < 1.29 is 4.79 Å². The molecular weight excluding hydrogens is 298 g/mol. The summed E-state index contributed by atoms with van der Waals surface area (Å²) in [6, 6.07) is 10.6. The number of nitrogen functional groups attached to an aromatic ring is 1. The Hall–Kier alpha value is -2.64. The molecule has 2 aromatic rings. The molecular formula is C20H27N3O. The van der Waals surface area contributed by atoms with Crippen LogP contribution in [0, 0.1) is 11.8 Å². The van der Waals surface area contributed by atoms with E-state index in [0.29, 0.717) is 16.9 Å². The number of aldehydes is 1. The lowest BCUT2D eigenvalue weighted by atomic mass is 10.2. The summed E-state index contributed by atoms with van der Waals surface area (Å²) in [6.45, 7) is 7.39. The third kappa shape index (κ3) is 10.1. The first-order valence-corrected chi connectivity index (χ1v) is 8.04. The highest BCUT2D eigenvalue weighted by Crippen LogP contribution is 2.04. The minimum absolute atomic E-state index is 0.571. The molecule has 4 heteroatoms. The second kappa shape index (κ2) is 14.0. The van der Waals surface area contributed by atoms with Crippen molar-refractivity contribution in [2.75, 3.05) is 19.3 Å². The third-order valence-corrected chi connectivity index (χ3v) is 2.52. The standard InChI is InChI=1S/C14H10N2O.C3H9N.C3H8/c15-13-4-1-11(2-5-13)3-6-14-9-12(10-17)7-8-16-14;1-3-4-2;1-3-2/h1-2,4-5,7-10H,15H2;4H,3H2,1-2H3;3H2,1-2H3. The van der Waals surface area contributed by atoms with Gasteiger partial charge in [-0.15, -0.1) is 0 Å². The minimum Gasteiger partial charge on any atom is -0.399 e. The number of pyridine rings is 1. The molecule has 0 bridgehead atoms. The average Bonchev–Trinajstić information content (AvgIpc) is 2.62. The number of anilines is 1. The fourth-order valence-electron chi connectivity index (χ4n) is 1.29. The lowest BCUT2D eigenvalue weighted by molar-refractivity contribution is 0.112. The first-order valence-electron chi connectivity index (χ1n) is 8.04. The van der Waals surface area contributed by atoms with Gasteiger partial charge in [0, 0.05) is 23.0 Å². The zero-order valence-electron chi connectivity index (χ0n) is 15.0. The summed E-state index contributed by atoms with van der Waals surface area (Å²) in [4.78, 5) is 14.6. The molecule has 0 aliphatic carbocycles. The lowest BCUT2D eigenvalue weighted by Gasteiger charge is -1.93. The maximum absolute atomic E-state index is 10.6. The number of rotatable bonds is 2. The van der Waals surface area contributed by atoms with E-state index in [9.17, 15) is 4.79 Å². The fourth-order valence-corrected chi connectivity index (χ4v) is 1.29. The summed E-state index contributed by atoms with van der Waals surface area (Å²) in [5, 5.41) is 2.93. The monoisotopic (exact) mass is 325 g/mol. The predicted molar refractivity (Wildman–Crippen MR) is 102 cm³/mol. The Bertz CT molecular complexity index is 638. The van der Waals surface area contributed by atoms with Crippen LogP contribution in [0.3, 0.4) is 0 Å². The fraction of sp³-hybridized carbons (Fsp3) is 0.300. The van der Waals surface area contributed by atoms with Crippen LogP contribution in [0.25, 0.3) is 0 Å². The van der Waals surface area contributed by atoms with Crippen LogP contribution in [-0.2, 0) is 0 Å². The van der Waals surface area contributed by atoms with Gasteiger partial charge in [-0.2, -0.15) is 0 Å². The first-order chi connectivity index (χ1) is 11.6. The highest BCUT2D eigenvalue weighted by atomic mass is 16.1. The molecule has 0 unspecified atom stereocenters. The molecule has 0 amide bonds. The van der Waals surface area contributed by atoms with Crippen LogP contribution in [0.4, 0.5) is 5.69 Å². The summed E-state index contributed by atoms with van der Waals surface area (Å²) >= 11 is 0. The summed E-state index contributed by atoms with van der Waals surface area (Å²) < 4.78 is 0. The van der Waals surface area contributed by atoms with E-state index in [-0.39, 0.29) is 0 Å². The molecule has 1 aromatic carbocycles. The number of nitrogens with zero attached hydrogens (tertiary/aromatic N) is 1. The highest BCUT2D eigenvalue weighted by Gasteiger charge is 1.92. The van der Waals surface area contributed by atoms with Gasteiger partial charge in [-0.25, -0.2) is 4.98 Å². The van der Waals surface area contributed by atoms with Crippen LogP contribution < -0.4 is 11.1 Å². The van der Waals surface area contributed by atoms with E-state index in [0.717, 1.165) is 18.4 Å². The van der Waals surface area contributed by atoms with E-state index < -0.39 is 0 Å². The van der Waals surface area contributed by atoms with Gasteiger partial charge in [0.15, 0.2) is 0 Å². The van der Waals surface area contributed by atoms with Gasteiger partial charge in [0.2, 0.25) is 0 Å². The van der Waals surface area contributed by atoms with Crippen molar-refractivity contribution in [3.8, 4) is 11.8 Å².